The first-order chi connectivity index (χ1) is 17.5. The van der Waals surface area contributed by atoms with Crippen molar-refractivity contribution in [3.05, 3.63) is 93.9 Å². The zero-order valence-electron chi connectivity index (χ0n) is 20.8. The lowest BCUT2D eigenvalue weighted by atomic mass is 10.1. The molecule has 196 valence electrons. The molecule has 0 radical (unpaired) electrons. The van der Waals surface area contributed by atoms with Crippen LogP contribution in [-0.4, -0.2) is 43.8 Å². The van der Waals surface area contributed by atoms with Gasteiger partial charge in [0.05, 0.1) is 15.6 Å². The molecule has 3 aromatic rings. The zero-order chi connectivity index (χ0) is 27.2. The fourth-order valence-corrected chi connectivity index (χ4v) is 5.90. The van der Waals surface area contributed by atoms with Crippen LogP contribution in [0.25, 0.3) is 0 Å². The number of nitrogens with one attached hydrogen (secondary N) is 1. The zero-order valence-corrected chi connectivity index (χ0v) is 23.9. The van der Waals surface area contributed by atoms with Crippen molar-refractivity contribution in [2.24, 2.45) is 0 Å². The molecular weight excluding hydrogens is 578 g/mol. The quantitative estimate of drug-likeness (QED) is 0.342. The highest BCUT2D eigenvalue weighted by Gasteiger charge is 2.33. The largest absolute Gasteiger partial charge is 0.352 e. The summed E-state index contributed by atoms with van der Waals surface area (Å²) in [5.41, 5.74) is 0.949. The first-order valence-electron chi connectivity index (χ1n) is 11.7. The van der Waals surface area contributed by atoms with E-state index in [9.17, 15) is 18.0 Å². The molecule has 0 heterocycles. The second kappa shape index (κ2) is 12.6. The van der Waals surface area contributed by atoms with Crippen molar-refractivity contribution in [2.75, 3.05) is 10.8 Å². The van der Waals surface area contributed by atoms with Crippen LogP contribution < -0.4 is 9.62 Å². The monoisotopic (exact) mass is 605 g/mol. The Morgan fingerprint density at radius 3 is 2.22 bits per heavy atom. The van der Waals surface area contributed by atoms with E-state index in [1.807, 2.05) is 38.1 Å². The number of rotatable bonds is 10. The van der Waals surface area contributed by atoms with Gasteiger partial charge in [-0.15, -0.1) is 0 Å². The Bertz CT molecular complexity index is 1350. The molecule has 10 heteroatoms. The minimum absolute atomic E-state index is 0.0202. The molecular formula is C27H29BrClN3O4S. The van der Waals surface area contributed by atoms with Gasteiger partial charge in [0.15, 0.2) is 0 Å². The molecule has 0 aromatic heterocycles. The van der Waals surface area contributed by atoms with Gasteiger partial charge in [0.25, 0.3) is 10.0 Å². The number of anilines is 1. The minimum Gasteiger partial charge on any atom is -0.352 e. The van der Waals surface area contributed by atoms with E-state index in [0.29, 0.717) is 0 Å². The third kappa shape index (κ3) is 7.34. The third-order valence-corrected chi connectivity index (χ3v) is 8.16. The van der Waals surface area contributed by atoms with Crippen molar-refractivity contribution >= 4 is 55.1 Å². The average molecular weight is 607 g/mol. The average Bonchev–Trinajstić information content (AvgIpc) is 2.86. The lowest BCUT2D eigenvalue weighted by molar-refractivity contribution is -0.139. The maximum Gasteiger partial charge on any atom is 0.264 e. The van der Waals surface area contributed by atoms with Gasteiger partial charge in [-0.2, -0.15) is 0 Å². The van der Waals surface area contributed by atoms with Gasteiger partial charge in [-0.3, -0.25) is 13.9 Å². The van der Waals surface area contributed by atoms with Gasteiger partial charge in [-0.1, -0.05) is 70.0 Å². The molecule has 0 aliphatic rings. The molecule has 0 aliphatic carbocycles. The summed E-state index contributed by atoms with van der Waals surface area (Å²) in [6.45, 7) is 4.84. The predicted molar refractivity (Wildman–Crippen MR) is 150 cm³/mol. The lowest BCUT2D eigenvalue weighted by Crippen LogP contribution is -2.52. The number of nitrogens with zero attached hydrogens (tertiary/aromatic N) is 2. The second-order valence-corrected chi connectivity index (χ2v) is 12.0. The fourth-order valence-electron chi connectivity index (χ4n) is 3.71. The first kappa shape index (κ1) is 28.7. The number of sulfonamides is 1. The molecule has 0 aliphatic heterocycles. The molecule has 0 saturated heterocycles. The number of hydrogen-bond donors (Lipinski definition) is 1. The number of hydrogen-bond acceptors (Lipinski definition) is 4. The smallest absolute Gasteiger partial charge is 0.264 e. The fraction of sp³-hybridized carbons (Fsp3) is 0.259. The van der Waals surface area contributed by atoms with E-state index in [-0.39, 0.29) is 34.1 Å². The van der Waals surface area contributed by atoms with Crippen molar-refractivity contribution in [3.8, 4) is 0 Å². The number of amides is 2. The summed E-state index contributed by atoms with van der Waals surface area (Å²) in [5.74, 6) is -0.889. The summed E-state index contributed by atoms with van der Waals surface area (Å²) < 4.78 is 29.2. The van der Waals surface area contributed by atoms with Crippen LogP contribution in [0.5, 0.6) is 0 Å². The Hall–Kier alpha value is -2.88. The predicted octanol–water partition coefficient (Wildman–Crippen LogP) is 5.24. The molecule has 3 aromatic carbocycles. The van der Waals surface area contributed by atoms with E-state index >= 15 is 0 Å². The summed E-state index contributed by atoms with van der Waals surface area (Å²) in [7, 11) is -4.16. The van der Waals surface area contributed by atoms with Gasteiger partial charge in [-0.25, -0.2) is 8.42 Å². The summed E-state index contributed by atoms with van der Waals surface area (Å²) in [6.07, 6.45) is 0. The molecule has 2 amide bonds. The molecule has 1 atom stereocenters. The van der Waals surface area contributed by atoms with Gasteiger partial charge < -0.3 is 10.2 Å². The second-order valence-electron chi connectivity index (χ2n) is 8.77. The molecule has 1 N–H and O–H groups in total. The van der Waals surface area contributed by atoms with Gasteiger partial charge >= 0.3 is 0 Å². The Balaban J connectivity index is 2.03. The van der Waals surface area contributed by atoms with E-state index in [2.05, 4.69) is 21.2 Å². The van der Waals surface area contributed by atoms with E-state index in [1.54, 1.807) is 49.4 Å². The van der Waals surface area contributed by atoms with Crippen molar-refractivity contribution in [3.63, 3.8) is 0 Å². The summed E-state index contributed by atoms with van der Waals surface area (Å²) in [6, 6.07) is 20.7. The van der Waals surface area contributed by atoms with Gasteiger partial charge in [0.1, 0.15) is 12.6 Å². The van der Waals surface area contributed by atoms with Crippen molar-refractivity contribution in [1.82, 2.24) is 10.2 Å². The van der Waals surface area contributed by atoms with Crippen molar-refractivity contribution in [1.29, 1.82) is 0 Å². The summed E-state index contributed by atoms with van der Waals surface area (Å²) in [5, 5.41) is 3.01. The van der Waals surface area contributed by atoms with Crippen LogP contribution in [0, 0.1) is 0 Å². The normalized spacial score (nSPS) is 12.2. The third-order valence-electron chi connectivity index (χ3n) is 5.57. The van der Waals surface area contributed by atoms with E-state index in [0.717, 1.165) is 14.3 Å². The highest BCUT2D eigenvalue weighted by molar-refractivity contribution is 9.10. The Morgan fingerprint density at radius 1 is 0.946 bits per heavy atom. The molecule has 0 bridgehead atoms. The van der Waals surface area contributed by atoms with Crippen molar-refractivity contribution < 1.29 is 18.0 Å². The van der Waals surface area contributed by atoms with Crippen LogP contribution >= 0.6 is 27.5 Å². The summed E-state index contributed by atoms with van der Waals surface area (Å²) in [4.78, 5) is 28.1. The maximum atomic E-state index is 13.8. The highest BCUT2D eigenvalue weighted by Crippen LogP contribution is 2.30. The van der Waals surface area contributed by atoms with Gasteiger partial charge in [0, 0.05) is 17.1 Å². The Morgan fingerprint density at radius 2 is 1.59 bits per heavy atom. The Labute approximate surface area is 231 Å². The number of carbonyl (C=O) groups excluding carboxylic acids is 2. The van der Waals surface area contributed by atoms with Gasteiger partial charge in [0.2, 0.25) is 11.8 Å². The molecule has 7 nitrogen and oxygen atoms in total. The van der Waals surface area contributed by atoms with Gasteiger partial charge in [-0.05, 0) is 62.7 Å². The topological polar surface area (TPSA) is 86.8 Å². The van der Waals surface area contributed by atoms with Crippen LogP contribution in [0.15, 0.2) is 88.2 Å². The highest BCUT2D eigenvalue weighted by atomic mass is 79.9. The van der Waals surface area contributed by atoms with Crippen LogP contribution in [0.4, 0.5) is 5.69 Å². The standard InChI is InChI=1S/C27H29BrClN3O4S/c1-19(2)30-27(34)20(3)31(17-21-10-9-11-22(28)16-21)26(33)18-32(25-15-8-7-14-24(25)29)37(35,36)23-12-5-4-6-13-23/h4-16,19-20H,17-18H2,1-3H3,(H,30,34)/t20-/m0/s1. The first-order valence-corrected chi connectivity index (χ1v) is 14.3. The van der Waals surface area contributed by atoms with Crippen LogP contribution in [0.3, 0.4) is 0 Å². The minimum atomic E-state index is -4.16. The number of halogens is 2. The number of benzene rings is 3. The molecule has 3 rings (SSSR count). The Kier molecular flexibility index (Phi) is 9.75. The molecule has 0 fully saturated rings. The lowest BCUT2D eigenvalue weighted by Gasteiger charge is -2.32. The van der Waals surface area contributed by atoms with Crippen LogP contribution in [-0.2, 0) is 26.2 Å². The maximum absolute atomic E-state index is 13.8. The number of para-hydroxylation sites is 1. The van der Waals surface area contributed by atoms with E-state index in [4.69, 9.17) is 11.6 Å². The van der Waals surface area contributed by atoms with E-state index < -0.39 is 28.5 Å². The van der Waals surface area contributed by atoms with Crippen LogP contribution in [0.1, 0.15) is 26.3 Å². The molecule has 0 spiro atoms. The van der Waals surface area contributed by atoms with E-state index in [1.165, 1.54) is 17.0 Å². The molecule has 0 unspecified atom stereocenters. The SMILES string of the molecule is CC(C)NC(=O)[C@H](C)N(Cc1cccc(Br)c1)C(=O)CN(c1ccccc1Cl)S(=O)(=O)c1ccccc1. The van der Waals surface area contributed by atoms with Crippen LogP contribution in [0.2, 0.25) is 5.02 Å². The summed E-state index contributed by atoms with van der Waals surface area (Å²) >= 11 is 9.83. The molecule has 0 saturated carbocycles. The number of carbonyl (C=O) groups is 2. The van der Waals surface area contributed by atoms with Crippen molar-refractivity contribution in [2.45, 2.75) is 44.3 Å². The molecule has 37 heavy (non-hydrogen) atoms.